The Morgan fingerprint density at radius 3 is 2.76 bits per heavy atom. The van der Waals surface area contributed by atoms with Crippen LogP contribution in [0.2, 0.25) is 0 Å². The average molecular weight is 400 g/mol. The van der Waals surface area contributed by atoms with E-state index in [1.807, 2.05) is 42.5 Å². The maximum Gasteiger partial charge on any atom is 0.230 e. The van der Waals surface area contributed by atoms with Crippen LogP contribution in [-0.2, 0) is 14.3 Å². The molecule has 1 spiro atoms. The van der Waals surface area contributed by atoms with Crippen LogP contribution >= 0.6 is 0 Å². The van der Waals surface area contributed by atoms with Gasteiger partial charge >= 0.3 is 0 Å². The zero-order valence-electron chi connectivity index (χ0n) is 16.2. The van der Waals surface area contributed by atoms with E-state index in [9.17, 15) is 14.0 Å². The van der Waals surface area contributed by atoms with E-state index in [-0.39, 0.29) is 17.9 Å². The van der Waals surface area contributed by atoms with E-state index in [2.05, 4.69) is 0 Å². The van der Waals surface area contributed by atoms with Crippen molar-refractivity contribution in [3.8, 4) is 5.75 Å². The van der Waals surface area contributed by atoms with Crippen LogP contribution in [0.5, 0.6) is 5.75 Å². The van der Waals surface area contributed by atoms with Gasteiger partial charge in [0.25, 0.3) is 0 Å². The van der Waals surface area contributed by atoms with Gasteiger partial charge in [-0.2, -0.15) is 0 Å². The summed E-state index contributed by atoms with van der Waals surface area (Å²) in [6, 6.07) is 9.48. The molecule has 0 aliphatic carbocycles. The summed E-state index contributed by atoms with van der Waals surface area (Å²) in [6.45, 7) is 2.10. The molecule has 0 saturated carbocycles. The molecule has 154 valence electrons. The van der Waals surface area contributed by atoms with Gasteiger partial charge in [0.2, 0.25) is 11.8 Å². The number of piperidine rings is 1. The molecule has 2 amide bonds. The van der Waals surface area contributed by atoms with Gasteiger partial charge in [0.1, 0.15) is 24.1 Å². The summed E-state index contributed by atoms with van der Waals surface area (Å²) in [5.74, 6) is -0.367. The molecule has 7 heteroatoms. The molecule has 3 saturated heterocycles. The van der Waals surface area contributed by atoms with Crippen molar-refractivity contribution in [3.05, 3.63) is 42.5 Å². The number of benzene rings is 1. The van der Waals surface area contributed by atoms with Crippen LogP contribution in [0.15, 0.2) is 42.5 Å². The van der Waals surface area contributed by atoms with Gasteiger partial charge < -0.3 is 19.3 Å². The maximum atomic E-state index is 13.5. The lowest BCUT2D eigenvalue weighted by atomic mass is 9.76. The minimum absolute atomic E-state index is 0.0489. The molecule has 1 aromatic rings. The smallest absolute Gasteiger partial charge is 0.230 e. The van der Waals surface area contributed by atoms with Crippen molar-refractivity contribution in [2.24, 2.45) is 11.8 Å². The second-order valence-electron chi connectivity index (χ2n) is 8.32. The molecule has 4 aliphatic rings. The van der Waals surface area contributed by atoms with Gasteiger partial charge in [0, 0.05) is 13.1 Å². The molecule has 4 atom stereocenters. The number of alkyl halides is 1. The van der Waals surface area contributed by atoms with E-state index in [4.69, 9.17) is 9.47 Å². The van der Waals surface area contributed by atoms with Crippen molar-refractivity contribution < 1.29 is 23.5 Å². The molecule has 0 radical (unpaired) electrons. The fourth-order valence-corrected chi connectivity index (χ4v) is 5.12. The van der Waals surface area contributed by atoms with Crippen LogP contribution in [0.3, 0.4) is 0 Å². The largest absolute Gasteiger partial charge is 0.492 e. The molecule has 1 aromatic carbocycles. The second kappa shape index (κ2) is 7.13. The van der Waals surface area contributed by atoms with Crippen LogP contribution in [0, 0.1) is 11.8 Å². The highest BCUT2D eigenvalue weighted by atomic mass is 19.1. The Balaban J connectivity index is 1.27. The van der Waals surface area contributed by atoms with Crippen molar-refractivity contribution in [2.45, 2.75) is 30.7 Å². The highest BCUT2D eigenvalue weighted by Gasteiger charge is 2.67. The molecule has 2 unspecified atom stereocenters. The number of halogens is 1. The molecule has 2 bridgehead atoms. The first-order valence-corrected chi connectivity index (χ1v) is 10.3. The quantitative estimate of drug-likeness (QED) is 0.708. The molecule has 29 heavy (non-hydrogen) atoms. The third kappa shape index (κ3) is 3.12. The number of fused-ring (bicyclic) bond motifs is 1. The molecule has 6 nitrogen and oxygen atoms in total. The molecule has 0 aromatic heterocycles. The van der Waals surface area contributed by atoms with Gasteiger partial charge in [0.15, 0.2) is 0 Å². The topological polar surface area (TPSA) is 59.1 Å². The summed E-state index contributed by atoms with van der Waals surface area (Å²) in [5, 5.41) is 0. The van der Waals surface area contributed by atoms with Crippen molar-refractivity contribution in [1.82, 2.24) is 9.80 Å². The lowest BCUT2D eigenvalue weighted by Gasteiger charge is -2.33. The van der Waals surface area contributed by atoms with Gasteiger partial charge in [-0.3, -0.25) is 9.59 Å². The van der Waals surface area contributed by atoms with E-state index < -0.39 is 23.6 Å². The Bertz CT molecular complexity index is 823. The van der Waals surface area contributed by atoms with Gasteiger partial charge in [-0.15, -0.1) is 0 Å². The van der Waals surface area contributed by atoms with Crippen LogP contribution < -0.4 is 4.74 Å². The van der Waals surface area contributed by atoms with Crippen molar-refractivity contribution in [3.63, 3.8) is 0 Å². The predicted molar refractivity (Wildman–Crippen MR) is 103 cm³/mol. The van der Waals surface area contributed by atoms with Crippen molar-refractivity contribution >= 4 is 11.8 Å². The molecule has 3 fully saturated rings. The lowest BCUT2D eigenvalue weighted by Crippen LogP contribution is -2.48. The van der Waals surface area contributed by atoms with Gasteiger partial charge in [0.05, 0.1) is 31.0 Å². The van der Waals surface area contributed by atoms with Crippen LogP contribution in [0.1, 0.15) is 12.8 Å². The number of carbonyl (C=O) groups excluding carboxylic acids is 2. The van der Waals surface area contributed by atoms with Gasteiger partial charge in [-0.1, -0.05) is 30.4 Å². The monoisotopic (exact) mass is 400 g/mol. The Labute approximate surface area is 169 Å². The number of hydrogen-bond acceptors (Lipinski definition) is 4. The minimum Gasteiger partial charge on any atom is -0.492 e. The summed E-state index contributed by atoms with van der Waals surface area (Å²) in [5.41, 5.74) is -0.715. The zero-order chi connectivity index (χ0) is 20.0. The van der Waals surface area contributed by atoms with Crippen LogP contribution in [-0.4, -0.2) is 72.3 Å². The lowest BCUT2D eigenvalue weighted by molar-refractivity contribution is -0.144. The third-order valence-corrected chi connectivity index (χ3v) is 6.57. The SMILES string of the molecule is O=C(C1C2C(=O)N(CCOc3ccccc3)C[C@@]23C=C[C@@H]1O3)N1CCC(F)CC1. The molecule has 4 heterocycles. The van der Waals surface area contributed by atoms with E-state index >= 15 is 0 Å². The predicted octanol–water partition coefficient (Wildman–Crippen LogP) is 1.81. The fourth-order valence-electron chi connectivity index (χ4n) is 5.12. The first kappa shape index (κ1) is 18.6. The van der Waals surface area contributed by atoms with Crippen LogP contribution in [0.25, 0.3) is 0 Å². The minimum atomic E-state index is -0.838. The van der Waals surface area contributed by atoms with E-state index in [1.165, 1.54) is 0 Å². The molecule has 0 N–H and O–H groups in total. The number of ether oxygens (including phenoxy) is 2. The normalized spacial score (nSPS) is 33.4. The van der Waals surface area contributed by atoms with Gasteiger partial charge in [-0.25, -0.2) is 4.39 Å². The number of carbonyl (C=O) groups is 2. The second-order valence-corrected chi connectivity index (χ2v) is 8.32. The Morgan fingerprint density at radius 2 is 2.00 bits per heavy atom. The standard InChI is InChI=1S/C22H25FN2O4/c23-15-7-10-24(11-8-15)20(26)18-17-6-9-22(29-17)14-25(21(27)19(18)22)12-13-28-16-4-2-1-3-5-16/h1-6,9,15,17-19H,7-8,10-14H2/t17-,18?,19?,22-/m0/s1. The third-order valence-electron chi connectivity index (χ3n) is 6.57. The summed E-state index contributed by atoms with van der Waals surface area (Å²) >= 11 is 0. The summed E-state index contributed by atoms with van der Waals surface area (Å²) < 4.78 is 25.4. The number of nitrogens with zero attached hydrogens (tertiary/aromatic N) is 2. The summed E-state index contributed by atoms with van der Waals surface area (Å²) in [4.78, 5) is 29.8. The van der Waals surface area contributed by atoms with E-state index in [0.717, 1.165) is 5.75 Å². The summed E-state index contributed by atoms with van der Waals surface area (Å²) in [7, 11) is 0. The number of likely N-dealkylation sites (tertiary alicyclic amines) is 2. The molecule has 4 aliphatic heterocycles. The first-order chi connectivity index (χ1) is 14.1. The van der Waals surface area contributed by atoms with Crippen LogP contribution in [0.4, 0.5) is 4.39 Å². The fraction of sp³-hybridized carbons (Fsp3) is 0.545. The number of hydrogen-bond donors (Lipinski definition) is 0. The molecular formula is C22H25FN2O4. The summed E-state index contributed by atoms with van der Waals surface area (Å²) in [6.07, 6.45) is 3.41. The maximum absolute atomic E-state index is 13.5. The van der Waals surface area contributed by atoms with Crippen molar-refractivity contribution in [1.29, 1.82) is 0 Å². The molecule has 5 rings (SSSR count). The highest BCUT2D eigenvalue weighted by molar-refractivity contribution is 5.93. The Morgan fingerprint density at radius 1 is 1.24 bits per heavy atom. The number of para-hydroxylation sites is 1. The average Bonchev–Trinajstić information content (AvgIpc) is 3.37. The van der Waals surface area contributed by atoms with Gasteiger partial charge in [-0.05, 0) is 25.0 Å². The van der Waals surface area contributed by atoms with Crippen molar-refractivity contribution in [2.75, 3.05) is 32.8 Å². The van der Waals surface area contributed by atoms with E-state index in [0.29, 0.717) is 45.6 Å². The highest BCUT2D eigenvalue weighted by Crippen LogP contribution is 2.52. The Hall–Kier alpha value is -2.41. The first-order valence-electron chi connectivity index (χ1n) is 10.3. The Kier molecular flexibility index (Phi) is 4.57. The molecular weight excluding hydrogens is 375 g/mol. The number of rotatable bonds is 5. The zero-order valence-corrected chi connectivity index (χ0v) is 16.2. The number of amides is 2. The van der Waals surface area contributed by atoms with E-state index in [1.54, 1.807) is 9.80 Å².